The number of nitrogens with zero attached hydrogens (tertiary/aromatic N) is 3. The highest BCUT2D eigenvalue weighted by Gasteiger charge is 2.23. The van der Waals surface area contributed by atoms with Crippen LogP contribution in [-0.4, -0.2) is 25.0 Å². The normalized spacial score (nSPS) is 11.1. The van der Waals surface area contributed by atoms with Gasteiger partial charge in [0.1, 0.15) is 28.9 Å². The molecule has 0 atom stereocenters. The molecule has 0 unspecified atom stereocenters. The minimum absolute atomic E-state index is 0.238. The molecule has 7 heteroatoms. The van der Waals surface area contributed by atoms with Crippen LogP contribution in [0, 0.1) is 25.2 Å². The molecule has 0 bridgehead atoms. The summed E-state index contributed by atoms with van der Waals surface area (Å²) in [7, 11) is 3.24. The van der Waals surface area contributed by atoms with Gasteiger partial charge in [-0.05, 0) is 80.1 Å². The molecule has 2 aromatic heterocycles. The number of benzene rings is 3. The van der Waals surface area contributed by atoms with Gasteiger partial charge >= 0.3 is 0 Å². The number of furan rings is 1. The molecule has 5 aromatic rings. The molecule has 0 aliphatic rings. The lowest BCUT2D eigenvalue weighted by Gasteiger charge is -2.09. The monoisotopic (exact) mass is 535 g/mol. The van der Waals surface area contributed by atoms with Crippen molar-refractivity contribution < 1.29 is 13.9 Å². The number of rotatable bonds is 7. The molecule has 0 amide bonds. The maximum absolute atomic E-state index is 10.2. The van der Waals surface area contributed by atoms with Crippen LogP contribution < -0.4 is 9.47 Å². The molecule has 6 nitrogen and oxygen atoms in total. The van der Waals surface area contributed by atoms with E-state index in [0.717, 1.165) is 45.3 Å². The first kappa shape index (κ1) is 25.9. The summed E-state index contributed by atoms with van der Waals surface area (Å²) in [4.78, 5) is 4.67. The fourth-order valence-electron chi connectivity index (χ4n) is 4.65. The Morgan fingerprint density at radius 2 is 1.54 bits per heavy atom. The number of aliphatic imine (C=N–C) groups is 1. The average molecular weight is 536 g/mol. The molecule has 2 heterocycles. The summed E-state index contributed by atoms with van der Waals surface area (Å²) in [5.41, 5.74) is 6.55. The zero-order chi connectivity index (χ0) is 27.5. The fraction of sp³-hybridized carbons (Fsp3) is 0.125. The van der Waals surface area contributed by atoms with Crippen LogP contribution in [0.2, 0.25) is 5.02 Å². The van der Waals surface area contributed by atoms with E-state index in [-0.39, 0.29) is 5.88 Å². The summed E-state index contributed by atoms with van der Waals surface area (Å²) in [6, 6.07) is 27.1. The molecule has 39 heavy (non-hydrogen) atoms. The zero-order valence-electron chi connectivity index (χ0n) is 22.0. The Hall–Kier alpha value is -4.73. The predicted octanol–water partition coefficient (Wildman–Crippen LogP) is 8.31. The van der Waals surface area contributed by atoms with Gasteiger partial charge in [0.25, 0.3) is 0 Å². The van der Waals surface area contributed by atoms with Crippen molar-refractivity contribution in [1.82, 2.24) is 4.57 Å². The van der Waals surface area contributed by atoms with Gasteiger partial charge in [0, 0.05) is 45.0 Å². The van der Waals surface area contributed by atoms with E-state index in [2.05, 4.69) is 15.6 Å². The predicted molar refractivity (Wildman–Crippen MR) is 155 cm³/mol. The molecule has 5 rings (SSSR count). The maximum atomic E-state index is 10.2. The Morgan fingerprint density at radius 3 is 2.13 bits per heavy atom. The van der Waals surface area contributed by atoms with Crippen molar-refractivity contribution in [3.63, 3.8) is 0 Å². The van der Waals surface area contributed by atoms with Gasteiger partial charge in [0.05, 0.1) is 14.2 Å². The number of aryl methyl sites for hydroxylation is 1. The lowest BCUT2D eigenvalue weighted by atomic mass is 9.98. The third-order valence-corrected chi connectivity index (χ3v) is 6.83. The third kappa shape index (κ3) is 5.05. The molecule has 0 N–H and O–H groups in total. The number of aromatic nitrogens is 1. The summed E-state index contributed by atoms with van der Waals surface area (Å²) in [5, 5.41) is 10.9. The standard InChI is InChI=1S/C32H26ClN3O3/c1-20-16-24(21(2)36(20)26-7-5-6-25(33)17-26)19-35-32-29(18-34)30(22-8-12-27(37-3)13-9-22)31(39-32)23-10-14-28(38-4)15-11-23/h5-17,19H,1-4H3. The molecule has 0 spiro atoms. The van der Waals surface area contributed by atoms with Crippen LogP contribution in [0.1, 0.15) is 22.5 Å². The van der Waals surface area contributed by atoms with Crippen LogP contribution >= 0.6 is 11.6 Å². The van der Waals surface area contributed by atoms with Crippen molar-refractivity contribution in [2.45, 2.75) is 13.8 Å². The highest BCUT2D eigenvalue weighted by molar-refractivity contribution is 6.30. The van der Waals surface area contributed by atoms with Gasteiger partial charge in [-0.25, -0.2) is 4.99 Å². The Labute approximate surface area is 232 Å². The topological polar surface area (TPSA) is 72.7 Å². The van der Waals surface area contributed by atoms with Crippen molar-refractivity contribution in [3.05, 3.63) is 106 Å². The maximum Gasteiger partial charge on any atom is 0.238 e. The quantitative estimate of drug-likeness (QED) is 0.196. The van der Waals surface area contributed by atoms with Crippen LogP contribution in [-0.2, 0) is 0 Å². The van der Waals surface area contributed by atoms with Gasteiger partial charge in [-0.1, -0.05) is 29.8 Å². The molecule has 0 fully saturated rings. The third-order valence-electron chi connectivity index (χ3n) is 6.59. The van der Waals surface area contributed by atoms with Crippen LogP contribution in [0.3, 0.4) is 0 Å². The second-order valence-corrected chi connectivity index (χ2v) is 9.39. The smallest absolute Gasteiger partial charge is 0.238 e. The highest BCUT2D eigenvalue weighted by atomic mass is 35.5. The minimum atomic E-state index is 0.238. The van der Waals surface area contributed by atoms with Crippen LogP contribution in [0.15, 0.2) is 88.3 Å². The number of nitriles is 1. The van der Waals surface area contributed by atoms with Crippen LogP contribution in [0.4, 0.5) is 5.88 Å². The Morgan fingerprint density at radius 1 is 0.897 bits per heavy atom. The summed E-state index contributed by atoms with van der Waals surface area (Å²) in [5.74, 6) is 2.24. The van der Waals surface area contributed by atoms with E-state index in [9.17, 15) is 5.26 Å². The highest BCUT2D eigenvalue weighted by Crippen LogP contribution is 2.43. The molecular weight excluding hydrogens is 510 g/mol. The Kier molecular flexibility index (Phi) is 7.27. The van der Waals surface area contributed by atoms with E-state index in [1.54, 1.807) is 20.4 Å². The fourth-order valence-corrected chi connectivity index (χ4v) is 4.84. The van der Waals surface area contributed by atoms with E-state index >= 15 is 0 Å². The van der Waals surface area contributed by atoms with Gasteiger partial charge in [0.2, 0.25) is 5.88 Å². The largest absolute Gasteiger partial charge is 0.497 e. The molecule has 0 radical (unpaired) electrons. The first-order chi connectivity index (χ1) is 18.9. The molecule has 0 saturated carbocycles. The van der Waals surface area contributed by atoms with Gasteiger partial charge in [0.15, 0.2) is 0 Å². The molecular formula is C32H26ClN3O3. The molecule has 0 saturated heterocycles. The molecule has 194 valence electrons. The minimum Gasteiger partial charge on any atom is -0.497 e. The number of halogens is 1. The summed E-state index contributed by atoms with van der Waals surface area (Å²) in [6.07, 6.45) is 1.73. The average Bonchev–Trinajstić information content (AvgIpc) is 3.47. The van der Waals surface area contributed by atoms with Crippen molar-refractivity contribution in [1.29, 1.82) is 5.26 Å². The van der Waals surface area contributed by atoms with Crippen LogP contribution in [0.5, 0.6) is 11.5 Å². The van der Waals surface area contributed by atoms with Gasteiger partial charge in [-0.2, -0.15) is 5.26 Å². The zero-order valence-corrected chi connectivity index (χ0v) is 22.8. The number of hydrogen-bond donors (Lipinski definition) is 0. The molecule has 0 aliphatic carbocycles. The van der Waals surface area contributed by atoms with E-state index in [4.69, 9.17) is 25.5 Å². The lowest BCUT2D eigenvalue weighted by molar-refractivity contribution is 0.414. The van der Waals surface area contributed by atoms with E-state index in [1.165, 1.54) is 0 Å². The van der Waals surface area contributed by atoms with E-state index in [1.807, 2.05) is 92.7 Å². The van der Waals surface area contributed by atoms with Crippen molar-refractivity contribution in [3.8, 4) is 45.7 Å². The molecule has 0 aliphatic heterocycles. The summed E-state index contributed by atoms with van der Waals surface area (Å²) < 4.78 is 19.0. The summed E-state index contributed by atoms with van der Waals surface area (Å²) >= 11 is 6.24. The van der Waals surface area contributed by atoms with Gasteiger partial charge in [-0.15, -0.1) is 0 Å². The first-order valence-electron chi connectivity index (χ1n) is 12.3. The Balaban J connectivity index is 1.62. The summed E-state index contributed by atoms with van der Waals surface area (Å²) in [6.45, 7) is 4.05. The number of ether oxygens (including phenoxy) is 2. The van der Waals surface area contributed by atoms with Crippen molar-refractivity contribution in [2.75, 3.05) is 14.2 Å². The lowest BCUT2D eigenvalue weighted by Crippen LogP contribution is -1.99. The van der Waals surface area contributed by atoms with Crippen LogP contribution in [0.25, 0.3) is 28.1 Å². The number of methoxy groups -OCH3 is 2. The second kappa shape index (κ2) is 10.9. The number of hydrogen-bond acceptors (Lipinski definition) is 5. The Bertz CT molecular complexity index is 1710. The SMILES string of the molecule is COc1ccc(-c2oc(N=Cc3cc(C)n(-c4cccc(Cl)c4)c3C)c(C#N)c2-c2ccc(OC)cc2)cc1. The van der Waals surface area contributed by atoms with Gasteiger partial charge in [-0.3, -0.25) is 0 Å². The van der Waals surface area contributed by atoms with Crippen molar-refractivity contribution >= 4 is 23.7 Å². The second-order valence-electron chi connectivity index (χ2n) is 8.96. The first-order valence-corrected chi connectivity index (χ1v) is 12.7. The van der Waals surface area contributed by atoms with Crippen molar-refractivity contribution in [2.24, 2.45) is 4.99 Å². The van der Waals surface area contributed by atoms with E-state index in [0.29, 0.717) is 21.9 Å². The molecule has 3 aromatic carbocycles. The van der Waals surface area contributed by atoms with Gasteiger partial charge < -0.3 is 18.5 Å². The van der Waals surface area contributed by atoms with E-state index < -0.39 is 0 Å².